The Kier molecular flexibility index (Phi) is 4.54. The average molecular weight is 346 g/mol. The van der Waals surface area contributed by atoms with E-state index >= 15 is 0 Å². The summed E-state index contributed by atoms with van der Waals surface area (Å²) in [6.45, 7) is 9.09. The highest BCUT2D eigenvalue weighted by Gasteiger charge is 2.34. The Hall–Kier alpha value is -1.83. The molecule has 3 atom stereocenters. The van der Waals surface area contributed by atoms with Gasteiger partial charge < -0.3 is 14.8 Å². The van der Waals surface area contributed by atoms with E-state index in [1.807, 2.05) is 13.0 Å². The number of rotatable bonds is 3. The lowest BCUT2D eigenvalue weighted by Gasteiger charge is -2.44. The number of hydrogen-bond acceptors (Lipinski definition) is 6. The van der Waals surface area contributed by atoms with Crippen LogP contribution in [0, 0.1) is 5.92 Å². The average Bonchev–Trinajstić information content (AvgIpc) is 3.08. The molecule has 7 nitrogen and oxygen atoms in total. The summed E-state index contributed by atoms with van der Waals surface area (Å²) in [7, 11) is 0. The molecule has 0 saturated carbocycles. The number of nitrogens with zero attached hydrogens (tertiary/aromatic N) is 2. The number of carbonyl (C=O) groups excluding carboxylic acids is 1. The van der Waals surface area contributed by atoms with Crippen molar-refractivity contribution in [3.63, 3.8) is 0 Å². The number of carbonyl (C=O) groups is 1. The first-order valence-corrected chi connectivity index (χ1v) is 9.01. The van der Waals surface area contributed by atoms with E-state index in [1.54, 1.807) is 0 Å². The Morgan fingerprint density at radius 3 is 2.64 bits per heavy atom. The van der Waals surface area contributed by atoms with E-state index in [0.717, 1.165) is 44.2 Å². The Labute approximate surface area is 148 Å². The van der Waals surface area contributed by atoms with E-state index in [0.29, 0.717) is 6.79 Å². The maximum absolute atomic E-state index is 12.0. The fraction of sp³-hybridized carbons (Fsp3) is 0.611. The van der Waals surface area contributed by atoms with Gasteiger partial charge >= 0.3 is 0 Å². The zero-order chi connectivity index (χ0) is 17.4. The molecule has 4 rings (SSSR count). The Bertz CT molecular complexity index is 645. The SMILES string of the molecule is CC1NC(N2CCN(Cc3ccc4c(c3)OCO4)CC2)NC(=O)C1C. The largest absolute Gasteiger partial charge is 0.454 e. The number of nitrogens with one attached hydrogen (secondary N) is 2. The third-order valence-electron chi connectivity index (χ3n) is 5.48. The van der Waals surface area contributed by atoms with Gasteiger partial charge in [0.1, 0.15) is 6.29 Å². The van der Waals surface area contributed by atoms with Crippen LogP contribution in [0.1, 0.15) is 19.4 Å². The van der Waals surface area contributed by atoms with Gasteiger partial charge in [-0.25, -0.2) is 0 Å². The van der Waals surface area contributed by atoms with Gasteiger partial charge in [0.2, 0.25) is 12.7 Å². The third-order valence-corrected chi connectivity index (χ3v) is 5.48. The van der Waals surface area contributed by atoms with Crippen LogP contribution in [0.3, 0.4) is 0 Å². The summed E-state index contributed by atoms with van der Waals surface area (Å²) in [5.74, 6) is 1.83. The number of ether oxygens (including phenoxy) is 2. The van der Waals surface area contributed by atoms with Crippen molar-refractivity contribution in [3.05, 3.63) is 23.8 Å². The van der Waals surface area contributed by atoms with Crippen molar-refractivity contribution in [3.8, 4) is 11.5 Å². The number of hydrogen-bond donors (Lipinski definition) is 2. The molecule has 136 valence electrons. The molecule has 1 amide bonds. The summed E-state index contributed by atoms with van der Waals surface area (Å²) in [5.41, 5.74) is 1.24. The highest BCUT2D eigenvalue weighted by molar-refractivity contribution is 5.80. The van der Waals surface area contributed by atoms with E-state index in [2.05, 4.69) is 39.5 Å². The normalized spacial score (nSPS) is 30.3. The first-order chi connectivity index (χ1) is 12.1. The van der Waals surface area contributed by atoms with Gasteiger partial charge in [-0.15, -0.1) is 0 Å². The molecule has 3 aliphatic rings. The molecule has 3 unspecified atom stereocenters. The van der Waals surface area contributed by atoms with Gasteiger partial charge in [-0.2, -0.15) is 0 Å². The number of amides is 1. The number of benzene rings is 1. The second-order valence-corrected chi connectivity index (χ2v) is 7.15. The molecule has 3 aliphatic heterocycles. The van der Waals surface area contributed by atoms with Gasteiger partial charge in [-0.05, 0) is 24.6 Å². The standard InChI is InChI=1S/C18H26N4O3/c1-12-13(2)19-18(20-17(12)23)22-7-5-21(6-8-22)10-14-3-4-15-16(9-14)25-11-24-15/h3-4,9,12-13,18-19H,5-8,10-11H2,1-2H3,(H,20,23). The van der Waals surface area contributed by atoms with Crippen molar-refractivity contribution in [1.29, 1.82) is 0 Å². The smallest absolute Gasteiger partial charge is 0.231 e. The topological polar surface area (TPSA) is 66.1 Å². The van der Waals surface area contributed by atoms with Crippen molar-refractivity contribution in [2.45, 2.75) is 32.7 Å². The molecule has 1 aromatic rings. The van der Waals surface area contributed by atoms with Gasteiger partial charge in [-0.1, -0.05) is 13.0 Å². The van der Waals surface area contributed by atoms with Gasteiger partial charge in [-0.3, -0.25) is 19.9 Å². The van der Waals surface area contributed by atoms with E-state index in [9.17, 15) is 4.79 Å². The van der Waals surface area contributed by atoms with Crippen molar-refractivity contribution < 1.29 is 14.3 Å². The predicted octanol–water partition coefficient (Wildman–Crippen LogP) is 0.560. The molecule has 1 aromatic carbocycles. The number of fused-ring (bicyclic) bond motifs is 1. The summed E-state index contributed by atoms with van der Waals surface area (Å²) < 4.78 is 10.8. The fourth-order valence-corrected chi connectivity index (χ4v) is 3.60. The maximum atomic E-state index is 12.0. The van der Waals surface area contributed by atoms with Crippen molar-refractivity contribution in [2.24, 2.45) is 5.92 Å². The minimum Gasteiger partial charge on any atom is -0.454 e. The van der Waals surface area contributed by atoms with Crippen molar-refractivity contribution >= 4 is 5.91 Å². The zero-order valence-electron chi connectivity index (χ0n) is 14.8. The molecular formula is C18H26N4O3. The van der Waals surface area contributed by atoms with E-state index < -0.39 is 0 Å². The first-order valence-electron chi connectivity index (χ1n) is 9.01. The van der Waals surface area contributed by atoms with Crippen LogP contribution in [0.5, 0.6) is 11.5 Å². The van der Waals surface area contributed by atoms with Crippen LogP contribution in [0.4, 0.5) is 0 Å². The Balaban J connectivity index is 1.30. The summed E-state index contributed by atoms with van der Waals surface area (Å²) in [5, 5.41) is 6.59. The quantitative estimate of drug-likeness (QED) is 0.834. The van der Waals surface area contributed by atoms with Gasteiger partial charge in [0.15, 0.2) is 11.5 Å². The third kappa shape index (κ3) is 3.44. The molecule has 2 fully saturated rings. The molecule has 0 bridgehead atoms. The highest BCUT2D eigenvalue weighted by atomic mass is 16.7. The minimum atomic E-state index is -0.0496. The van der Waals surface area contributed by atoms with Crippen molar-refractivity contribution in [1.82, 2.24) is 20.4 Å². The monoisotopic (exact) mass is 346 g/mol. The molecule has 7 heteroatoms. The highest BCUT2D eigenvalue weighted by Crippen LogP contribution is 2.32. The lowest BCUT2D eigenvalue weighted by atomic mass is 10.0. The second-order valence-electron chi connectivity index (χ2n) is 7.15. The Morgan fingerprint density at radius 2 is 1.88 bits per heavy atom. The van der Waals surface area contributed by atoms with Gasteiger partial charge in [0, 0.05) is 38.8 Å². The van der Waals surface area contributed by atoms with E-state index in [1.165, 1.54) is 5.56 Å². The zero-order valence-corrected chi connectivity index (χ0v) is 14.8. The lowest BCUT2D eigenvalue weighted by molar-refractivity contribution is -0.132. The first kappa shape index (κ1) is 16.6. The van der Waals surface area contributed by atoms with Crippen LogP contribution in [-0.2, 0) is 11.3 Å². The van der Waals surface area contributed by atoms with E-state index in [4.69, 9.17) is 9.47 Å². The lowest BCUT2D eigenvalue weighted by Crippen LogP contribution is -2.68. The van der Waals surface area contributed by atoms with Crippen LogP contribution in [-0.4, -0.2) is 61.0 Å². The molecule has 2 N–H and O–H groups in total. The summed E-state index contributed by atoms with van der Waals surface area (Å²) in [4.78, 5) is 16.8. The molecule has 2 saturated heterocycles. The molecule has 0 aliphatic carbocycles. The summed E-state index contributed by atoms with van der Waals surface area (Å²) in [6, 6.07) is 6.36. The summed E-state index contributed by atoms with van der Waals surface area (Å²) in [6.07, 6.45) is -0.0496. The predicted molar refractivity (Wildman–Crippen MR) is 93.1 cm³/mol. The van der Waals surface area contributed by atoms with Gasteiger partial charge in [0.05, 0.1) is 5.92 Å². The van der Waals surface area contributed by atoms with Crippen LogP contribution in [0.15, 0.2) is 18.2 Å². The van der Waals surface area contributed by atoms with E-state index in [-0.39, 0.29) is 24.2 Å². The molecule has 3 heterocycles. The Morgan fingerprint density at radius 1 is 1.12 bits per heavy atom. The molecule has 25 heavy (non-hydrogen) atoms. The summed E-state index contributed by atoms with van der Waals surface area (Å²) >= 11 is 0. The van der Waals surface area contributed by atoms with Crippen molar-refractivity contribution in [2.75, 3.05) is 33.0 Å². The van der Waals surface area contributed by atoms with Crippen LogP contribution < -0.4 is 20.1 Å². The van der Waals surface area contributed by atoms with Crippen LogP contribution >= 0.6 is 0 Å². The molecular weight excluding hydrogens is 320 g/mol. The molecule has 0 radical (unpaired) electrons. The minimum absolute atomic E-state index is 0.0172. The van der Waals surface area contributed by atoms with Gasteiger partial charge in [0.25, 0.3) is 0 Å². The van der Waals surface area contributed by atoms with Crippen LogP contribution in [0.25, 0.3) is 0 Å². The fourth-order valence-electron chi connectivity index (χ4n) is 3.60. The second kappa shape index (κ2) is 6.82. The molecule has 0 aromatic heterocycles. The molecule has 0 spiro atoms. The maximum Gasteiger partial charge on any atom is 0.231 e. The number of piperazine rings is 1. The van der Waals surface area contributed by atoms with Crippen LogP contribution in [0.2, 0.25) is 0 Å².